The fraction of sp³-hybridized carbons (Fsp3) is 0. The Hall–Kier alpha value is -4.04. The number of fused-ring (bicyclic) bond motifs is 2. The Morgan fingerprint density at radius 1 is 0.333 bits per heavy atom. The van der Waals surface area contributed by atoms with Gasteiger partial charge in [-0.1, -0.05) is 72.8 Å². The molecule has 0 aliphatic carbocycles. The summed E-state index contributed by atoms with van der Waals surface area (Å²) in [5, 5.41) is 5.04. The molecule has 2 nitrogen and oxygen atoms in total. The van der Waals surface area contributed by atoms with Gasteiger partial charge in [0.15, 0.2) is 0 Å². The molecule has 0 spiro atoms. The number of nitrogens with zero attached hydrogens (tertiary/aromatic N) is 2. The van der Waals surface area contributed by atoms with Gasteiger partial charge >= 0.3 is 0 Å². The second kappa shape index (κ2) is 6.78. The van der Waals surface area contributed by atoms with Gasteiger partial charge in [0.05, 0.1) is 0 Å². The van der Waals surface area contributed by atoms with E-state index in [0.29, 0.717) is 0 Å². The van der Waals surface area contributed by atoms with Crippen molar-refractivity contribution in [3.8, 4) is 22.5 Å². The SMILES string of the molecule is c1ccc2cn(-c3ccc(-c4ccc(-n5cc6ccccc6c5)cc4)cc3)cc2c1. The number of rotatable bonds is 3. The van der Waals surface area contributed by atoms with Crippen LogP contribution in [0.25, 0.3) is 44.0 Å². The summed E-state index contributed by atoms with van der Waals surface area (Å²) in [6.45, 7) is 0. The Kier molecular flexibility index (Phi) is 3.82. The average Bonchev–Trinajstić information content (AvgIpc) is 3.44. The third kappa shape index (κ3) is 2.90. The lowest BCUT2D eigenvalue weighted by Gasteiger charge is -2.07. The van der Waals surface area contributed by atoms with Crippen LogP contribution in [-0.4, -0.2) is 9.13 Å². The molecule has 0 aliphatic rings. The molecular weight excluding hydrogens is 364 g/mol. The molecule has 0 aliphatic heterocycles. The van der Waals surface area contributed by atoms with Crippen molar-refractivity contribution in [1.29, 1.82) is 0 Å². The normalized spacial score (nSPS) is 11.3. The largest absolute Gasteiger partial charge is 0.323 e. The highest BCUT2D eigenvalue weighted by Gasteiger charge is 2.04. The third-order valence-electron chi connectivity index (χ3n) is 5.77. The lowest BCUT2D eigenvalue weighted by atomic mass is 10.0. The maximum atomic E-state index is 2.19. The predicted octanol–water partition coefficient (Wildman–Crippen LogP) is 7.24. The highest BCUT2D eigenvalue weighted by Crippen LogP contribution is 2.25. The number of aromatic nitrogens is 2. The first kappa shape index (κ1) is 16.9. The maximum Gasteiger partial charge on any atom is 0.0450 e. The van der Waals surface area contributed by atoms with Crippen molar-refractivity contribution in [2.75, 3.05) is 0 Å². The Morgan fingerprint density at radius 2 is 0.633 bits per heavy atom. The summed E-state index contributed by atoms with van der Waals surface area (Å²) >= 11 is 0. The summed E-state index contributed by atoms with van der Waals surface area (Å²) in [6.07, 6.45) is 8.72. The lowest BCUT2D eigenvalue weighted by Crippen LogP contribution is -1.90. The first-order valence-corrected chi connectivity index (χ1v) is 10.2. The highest BCUT2D eigenvalue weighted by molar-refractivity contribution is 5.83. The van der Waals surface area contributed by atoms with Gasteiger partial charge in [0, 0.05) is 36.2 Å². The van der Waals surface area contributed by atoms with Crippen LogP contribution in [0.3, 0.4) is 0 Å². The number of hydrogen-bond donors (Lipinski definition) is 0. The minimum atomic E-state index is 1.17. The molecule has 0 fully saturated rings. The number of hydrogen-bond acceptors (Lipinski definition) is 0. The van der Waals surface area contributed by atoms with Crippen LogP contribution in [0.5, 0.6) is 0 Å². The molecule has 0 radical (unpaired) electrons. The molecule has 6 aromatic rings. The van der Waals surface area contributed by atoms with Gasteiger partial charge in [0.2, 0.25) is 0 Å². The van der Waals surface area contributed by atoms with Gasteiger partial charge in [-0.05, 0) is 56.9 Å². The fourth-order valence-corrected chi connectivity index (χ4v) is 4.12. The molecule has 0 bridgehead atoms. The van der Waals surface area contributed by atoms with Crippen LogP contribution in [-0.2, 0) is 0 Å². The number of benzene rings is 4. The van der Waals surface area contributed by atoms with Crippen molar-refractivity contribution in [1.82, 2.24) is 9.13 Å². The van der Waals surface area contributed by atoms with Crippen molar-refractivity contribution >= 4 is 21.5 Å². The molecule has 0 saturated carbocycles. The minimum absolute atomic E-state index is 1.17. The summed E-state index contributed by atoms with van der Waals surface area (Å²) in [5.41, 5.74) is 4.79. The second-order valence-corrected chi connectivity index (χ2v) is 7.68. The van der Waals surface area contributed by atoms with Crippen molar-refractivity contribution in [2.45, 2.75) is 0 Å². The van der Waals surface area contributed by atoms with Gasteiger partial charge in [-0.15, -0.1) is 0 Å². The standard InChI is InChI=1S/C28H20N2/c1-2-6-24-18-29(17-23(24)5-1)27-13-9-21(10-14-27)22-11-15-28(16-12-22)30-19-25-7-3-4-8-26(25)20-30/h1-20H. The first-order chi connectivity index (χ1) is 14.8. The van der Waals surface area contributed by atoms with Crippen LogP contribution in [0.2, 0.25) is 0 Å². The van der Waals surface area contributed by atoms with Gasteiger partial charge in [-0.2, -0.15) is 0 Å². The van der Waals surface area contributed by atoms with E-state index in [0.717, 1.165) is 0 Å². The Morgan fingerprint density at radius 3 is 0.933 bits per heavy atom. The van der Waals surface area contributed by atoms with E-state index in [4.69, 9.17) is 0 Å². The molecule has 2 heteroatoms. The van der Waals surface area contributed by atoms with Gasteiger partial charge in [0.1, 0.15) is 0 Å². The molecular formula is C28H20N2. The molecule has 2 aromatic heterocycles. The Labute approximate surface area is 175 Å². The smallest absolute Gasteiger partial charge is 0.0450 e. The van der Waals surface area contributed by atoms with Crippen molar-refractivity contribution < 1.29 is 0 Å². The van der Waals surface area contributed by atoms with Gasteiger partial charge < -0.3 is 9.13 Å². The van der Waals surface area contributed by atoms with Crippen LogP contribution in [0.15, 0.2) is 122 Å². The summed E-state index contributed by atoms with van der Waals surface area (Å²) in [6, 6.07) is 34.4. The van der Waals surface area contributed by atoms with Gasteiger partial charge in [-0.3, -0.25) is 0 Å². The van der Waals surface area contributed by atoms with Crippen molar-refractivity contribution in [2.24, 2.45) is 0 Å². The highest BCUT2D eigenvalue weighted by atomic mass is 14.9. The van der Waals surface area contributed by atoms with E-state index in [1.807, 2.05) is 0 Å². The third-order valence-corrected chi connectivity index (χ3v) is 5.77. The zero-order valence-corrected chi connectivity index (χ0v) is 16.4. The average molecular weight is 384 g/mol. The van der Waals surface area contributed by atoms with Gasteiger partial charge in [-0.25, -0.2) is 0 Å². The molecule has 0 N–H and O–H groups in total. The lowest BCUT2D eigenvalue weighted by molar-refractivity contribution is 1.09. The Balaban J connectivity index is 1.28. The molecule has 4 aromatic carbocycles. The molecule has 2 heterocycles. The van der Waals surface area contributed by atoms with Crippen molar-refractivity contribution in [3.05, 3.63) is 122 Å². The maximum absolute atomic E-state index is 2.19. The molecule has 0 saturated heterocycles. The quantitative estimate of drug-likeness (QED) is 0.304. The minimum Gasteiger partial charge on any atom is -0.323 e. The van der Waals surface area contributed by atoms with Crippen LogP contribution in [0.1, 0.15) is 0 Å². The molecule has 142 valence electrons. The van der Waals surface area contributed by atoms with E-state index in [1.54, 1.807) is 0 Å². The molecule has 0 unspecified atom stereocenters. The van der Waals surface area contributed by atoms with E-state index in [1.165, 1.54) is 44.0 Å². The molecule has 6 rings (SSSR count). The zero-order chi connectivity index (χ0) is 19.9. The van der Waals surface area contributed by atoms with Crippen LogP contribution in [0, 0.1) is 0 Å². The monoisotopic (exact) mass is 384 g/mol. The summed E-state index contributed by atoms with van der Waals surface area (Å²) < 4.78 is 4.38. The van der Waals surface area contributed by atoms with Crippen LogP contribution in [0.4, 0.5) is 0 Å². The van der Waals surface area contributed by atoms with Gasteiger partial charge in [0.25, 0.3) is 0 Å². The van der Waals surface area contributed by atoms with Crippen molar-refractivity contribution in [3.63, 3.8) is 0 Å². The second-order valence-electron chi connectivity index (χ2n) is 7.68. The van der Waals surface area contributed by atoms with Crippen LogP contribution >= 0.6 is 0 Å². The van der Waals surface area contributed by atoms with Crippen LogP contribution < -0.4 is 0 Å². The van der Waals surface area contributed by atoms with E-state index < -0.39 is 0 Å². The topological polar surface area (TPSA) is 9.86 Å². The van der Waals surface area contributed by atoms with E-state index in [-0.39, 0.29) is 0 Å². The van der Waals surface area contributed by atoms with E-state index >= 15 is 0 Å². The Bertz CT molecular complexity index is 1280. The molecule has 0 amide bonds. The predicted molar refractivity (Wildman–Crippen MR) is 126 cm³/mol. The van der Waals surface area contributed by atoms with E-state index in [9.17, 15) is 0 Å². The summed E-state index contributed by atoms with van der Waals surface area (Å²) in [7, 11) is 0. The molecule has 0 atom stereocenters. The summed E-state index contributed by atoms with van der Waals surface area (Å²) in [4.78, 5) is 0. The summed E-state index contributed by atoms with van der Waals surface area (Å²) in [5.74, 6) is 0. The molecule has 30 heavy (non-hydrogen) atoms. The first-order valence-electron chi connectivity index (χ1n) is 10.2. The van der Waals surface area contributed by atoms with E-state index in [2.05, 4.69) is 131 Å². The zero-order valence-electron chi connectivity index (χ0n) is 16.4. The fourth-order valence-electron chi connectivity index (χ4n) is 4.12.